The van der Waals surface area contributed by atoms with E-state index in [1.165, 1.54) is 0 Å². The maximum Gasteiger partial charge on any atom is 0.248 e. The lowest BCUT2D eigenvalue weighted by Crippen LogP contribution is -2.46. The average molecular weight is 667 g/mol. The van der Waals surface area contributed by atoms with E-state index in [0.717, 1.165) is 60.6 Å². The number of carbonyl (C=O) groups excluding carboxylic acids is 1. The molecule has 2 aliphatic carbocycles. The quantitative estimate of drug-likeness (QED) is 0.128. The summed E-state index contributed by atoms with van der Waals surface area (Å²) in [5, 5.41) is 3.19. The predicted molar refractivity (Wildman–Crippen MR) is 177 cm³/mol. The van der Waals surface area contributed by atoms with Gasteiger partial charge >= 0.3 is 0 Å². The maximum atomic E-state index is 13.5. The molecule has 4 atom stereocenters. The van der Waals surface area contributed by atoms with E-state index in [1.54, 1.807) is 0 Å². The number of aromatic nitrogens is 2. The Morgan fingerprint density at radius 3 is 2.53 bits per heavy atom. The lowest BCUT2D eigenvalue weighted by Gasteiger charge is -2.34. The topological polar surface area (TPSA) is 100 Å². The van der Waals surface area contributed by atoms with Crippen molar-refractivity contribution in [3.05, 3.63) is 29.6 Å². The average Bonchev–Trinajstić information content (AvgIpc) is 3.72. The van der Waals surface area contributed by atoms with Crippen LogP contribution in [0.25, 0.3) is 11.0 Å². The summed E-state index contributed by atoms with van der Waals surface area (Å²) in [6.45, 7) is 14.4. The summed E-state index contributed by atoms with van der Waals surface area (Å²) in [5.74, 6) is -2.01. The second kappa shape index (κ2) is 13.9. The van der Waals surface area contributed by atoms with Crippen molar-refractivity contribution in [3.63, 3.8) is 0 Å². The molecule has 3 aliphatic rings. The van der Waals surface area contributed by atoms with E-state index in [2.05, 4.69) is 40.3 Å². The third kappa shape index (κ3) is 9.28. The largest absolute Gasteiger partial charge is 0.598 e. The second-order valence-corrected chi connectivity index (χ2v) is 23.2. The fourth-order valence-corrected chi connectivity index (χ4v) is 7.80. The van der Waals surface area contributed by atoms with Gasteiger partial charge in [-0.3, -0.25) is 4.79 Å². The summed E-state index contributed by atoms with van der Waals surface area (Å²) in [4.78, 5) is 18.1. The zero-order chi connectivity index (χ0) is 32.6. The van der Waals surface area contributed by atoms with Crippen molar-refractivity contribution >= 4 is 36.4 Å². The zero-order valence-corrected chi connectivity index (χ0v) is 29.6. The number of alkyl halides is 2. The highest BCUT2D eigenvalue weighted by atomic mass is 32.2. The molecule has 5 rings (SSSR count). The summed E-state index contributed by atoms with van der Waals surface area (Å²) in [7, 11) is -1.31. The Morgan fingerprint density at radius 2 is 1.93 bits per heavy atom. The van der Waals surface area contributed by atoms with Crippen LogP contribution < -0.4 is 10.0 Å². The van der Waals surface area contributed by atoms with Crippen LogP contribution in [0.3, 0.4) is 0 Å². The molecule has 1 unspecified atom stereocenters. The summed E-state index contributed by atoms with van der Waals surface area (Å²) in [6, 6.07) is 6.54. The number of imidazole rings is 1. The fraction of sp³-hybridized carbons (Fsp3) is 0.758. The minimum absolute atomic E-state index is 0.133. The molecule has 0 bridgehead atoms. The Labute approximate surface area is 271 Å². The van der Waals surface area contributed by atoms with Crippen LogP contribution in [-0.4, -0.2) is 58.1 Å². The number of hydrogen-bond acceptors (Lipinski definition) is 6. The van der Waals surface area contributed by atoms with E-state index in [-0.39, 0.29) is 43.2 Å². The molecule has 2 heterocycles. The van der Waals surface area contributed by atoms with Crippen molar-refractivity contribution in [2.45, 2.75) is 133 Å². The van der Waals surface area contributed by atoms with Gasteiger partial charge in [-0.1, -0.05) is 25.7 Å². The predicted octanol–water partition coefficient (Wildman–Crippen LogP) is 7.01. The van der Waals surface area contributed by atoms with Crippen molar-refractivity contribution in [1.29, 1.82) is 0 Å². The Bertz CT molecular complexity index is 1310. The van der Waals surface area contributed by atoms with Crippen molar-refractivity contribution in [2.24, 2.45) is 11.8 Å². The van der Waals surface area contributed by atoms with Gasteiger partial charge < -0.3 is 23.9 Å². The van der Waals surface area contributed by atoms with Gasteiger partial charge in [0, 0.05) is 51.9 Å². The van der Waals surface area contributed by atoms with Gasteiger partial charge in [0.15, 0.2) is 0 Å². The van der Waals surface area contributed by atoms with Crippen LogP contribution in [0.5, 0.6) is 0 Å². The van der Waals surface area contributed by atoms with Gasteiger partial charge in [-0.05, 0) is 88.5 Å². The Hall–Kier alpha value is -1.57. The molecule has 3 fully saturated rings. The monoisotopic (exact) mass is 666 g/mol. The van der Waals surface area contributed by atoms with Crippen molar-refractivity contribution in [2.75, 3.05) is 13.2 Å². The Kier molecular flexibility index (Phi) is 10.7. The molecule has 1 saturated heterocycles. The number of fused-ring (bicyclic) bond motifs is 1. The molecule has 2 saturated carbocycles. The zero-order valence-electron chi connectivity index (χ0n) is 27.8. The number of nitrogens with one attached hydrogen (secondary N) is 2. The first-order valence-corrected chi connectivity index (χ1v) is 21.5. The van der Waals surface area contributed by atoms with E-state index >= 15 is 0 Å². The molecule has 8 nitrogen and oxygen atoms in total. The SMILES string of the molecule is CC(C)(C)[S+]([O-])N[C@H](c1nc2ccc([C@H](NC(=O)CC3CC(F)(F)C3)C3CC3)cc2n1COCC[Si](C)(C)C)[C@H]1CCCCO1. The van der Waals surface area contributed by atoms with Crippen LogP contribution in [0.2, 0.25) is 25.7 Å². The Morgan fingerprint density at radius 1 is 1.20 bits per heavy atom. The highest BCUT2D eigenvalue weighted by Gasteiger charge is 2.46. The van der Waals surface area contributed by atoms with Crippen LogP contribution in [0.4, 0.5) is 8.78 Å². The van der Waals surface area contributed by atoms with Gasteiger partial charge in [0.1, 0.15) is 23.3 Å². The molecule has 1 aromatic heterocycles. The molecular weight excluding hydrogens is 615 g/mol. The number of carbonyl (C=O) groups is 1. The van der Waals surface area contributed by atoms with Crippen molar-refractivity contribution < 1.29 is 27.6 Å². The Balaban J connectivity index is 1.46. The molecule has 0 radical (unpaired) electrons. The minimum Gasteiger partial charge on any atom is -0.598 e. The third-order valence-corrected chi connectivity index (χ3v) is 12.4. The molecule has 1 aliphatic heterocycles. The highest BCUT2D eigenvalue weighted by Crippen LogP contribution is 2.45. The summed E-state index contributed by atoms with van der Waals surface area (Å²) in [5.41, 5.74) is 2.66. The van der Waals surface area contributed by atoms with E-state index < -0.39 is 36.1 Å². The highest BCUT2D eigenvalue weighted by molar-refractivity contribution is 7.90. The molecule has 2 aromatic rings. The number of hydrogen-bond donors (Lipinski definition) is 2. The van der Waals surface area contributed by atoms with Gasteiger partial charge in [-0.15, -0.1) is 4.72 Å². The fourth-order valence-electron chi connectivity index (χ4n) is 6.20. The first-order chi connectivity index (χ1) is 21.1. The molecule has 1 aromatic carbocycles. The normalized spacial score (nSPS) is 23.0. The van der Waals surface area contributed by atoms with E-state index in [0.29, 0.717) is 25.9 Å². The smallest absolute Gasteiger partial charge is 0.248 e. The van der Waals surface area contributed by atoms with Gasteiger partial charge in [-0.2, -0.15) is 0 Å². The van der Waals surface area contributed by atoms with Crippen LogP contribution in [-0.2, 0) is 32.4 Å². The molecule has 0 spiro atoms. The number of amides is 1. The van der Waals surface area contributed by atoms with E-state index in [1.807, 2.05) is 32.9 Å². The summed E-state index contributed by atoms with van der Waals surface area (Å²) >= 11 is -1.35. The van der Waals surface area contributed by atoms with Crippen molar-refractivity contribution in [1.82, 2.24) is 19.6 Å². The first kappa shape index (κ1) is 34.8. The lowest BCUT2D eigenvalue weighted by atomic mass is 9.79. The van der Waals surface area contributed by atoms with Crippen LogP contribution >= 0.6 is 0 Å². The van der Waals surface area contributed by atoms with Crippen LogP contribution in [0.1, 0.15) is 95.6 Å². The standard InChI is InChI=1S/C33H52F2N4O4SSi/c1-32(2,3)44(41)38-30(27-9-7-8-14-43-27)31-36-25-13-12-24(18-26(25)39(31)21-42-15-16-45(4,5)6)29(23-10-11-23)37-28(40)17-22-19-33(34,35)20-22/h12-13,18,22-23,27,29-30,38H,7-11,14-17,19-21H2,1-6H3,(H,37,40)/t27-,29-,30+,44?/m1/s1. The van der Waals surface area contributed by atoms with E-state index in [4.69, 9.17) is 14.5 Å². The van der Waals surface area contributed by atoms with Gasteiger partial charge in [0.25, 0.3) is 0 Å². The summed E-state index contributed by atoms with van der Waals surface area (Å²) < 4.78 is 57.8. The molecule has 2 N–H and O–H groups in total. The molecule has 45 heavy (non-hydrogen) atoms. The molecule has 252 valence electrons. The third-order valence-electron chi connectivity index (χ3n) is 9.09. The minimum atomic E-state index is -2.63. The van der Waals surface area contributed by atoms with Crippen molar-refractivity contribution in [3.8, 4) is 0 Å². The van der Waals surface area contributed by atoms with Gasteiger partial charge in [0.2, 0.25) is 11.8 Å². The van der Waals surface area contributed by atoms with E-state index in [9.17, 15) is 18.1 Å². The number of benzene rings is 1. The number of nitrogens with zero attached hydrogens (tertiary/aromatic N) is 2. The van der Waals surface area contributed by atoms with Crippen LogP contribution in [0.15, 0.2) is 18.2 Å². The van der Waals surface area contributed by atoms with Gasteiger partial charge in [-0.25, -0.2) is 13.8 Å². The number of ether oxygens (including phenoxy) is 2. The summed E-state index contributed by atoms with van der Waals surface area (Å²) in [6.07, 6.45) is 4.43. The number of halogens is 2. The first-order valence-electron chi connectivity index (χ1n) is 16.6. The van der Waals surface area contributed by atoms with Gasteiger partial charge in [0.05, 0.1) is 23.2 Å². The second-order valence-electron chi connectivity index (χ2n) is 15.6. The van der Waals surface area contributed by atoms with Crippen LogP contribution in [0, 0.1) is 11.8 Å². The molecule has 1 amide bonds. The lowest BCUT2D eigenvalue weighted by molar-refractivity contribution is -0.134. The number of rotatable bonds is 14. The molecule has 12 heteroatoms. The molecular formula is C33H52F2N4O4SSi. The maximum absolute atomic E-state index is 13.5.